The van der Waals surface area contributed by atoms with Crippen LogP contribution in [0.4, 0.5) is 0 Å². The minimum absolute atomic E-state index is 0.0134. The first-order valence-corrected chi connectivity index (χ1v) is 8.87. The van der Waals surface area contributed by atoms with Crippen LogP contribution >= 0.6 is 0 Å². The molecule has 0 bridgehead atoms. The molecule has 1 fully saturated rings. The van der Waals surface area contributed by atoms with Gasteiger partial charge in [0.1, 0.15) is 11.9 Å². The van der Waals surface area contributed by atoms with Crippen molar-refractivity contribution in [1.29, 1.82) is 5.26 Å². The number of likely N-dealkylation sites (tertiary alicyclic amines) is 1. The van der Waals surface area contributed by atoms with Crippen molar-refractivity contribution in [2.24, 2.45) is 11.1 Å². The van der Waals surface area contributed by atoms with E-state index in [0.717, 1.165) is 31.7 Å². The third kappa shape index (κ3) is 4.25. The van der Waals surface area contributed by atoms with Crippen molar-refractivity contribution >= 4 is 0 Å². The van der Waals surface area contributed by atoms with Gasteiger partial charge in [0, 0.05) is 19.1 Å². The van der Waals surface area contributed by atoms with Crippen LogP contribution in [0.15, 0.2) is 53.9 Å². The van der Waals surface area contributed by atoms with E-state index in [4.69, 9.17) is 25.8 Å². The van der Waals surface area contributed by atoms with Crippen LogP contribution in [0.5, 0.6) is 5.75 Å². The van der Waals surface area contributed by atoms with Crippen LogP contribution in [0, 0.1) is 16.2 Å². The Hall–Kier alpha value is -2.95. The lowest BCUT2D eigenvalue weighted by atomic mass is 10.1. The predicted octanol–water partition coefficient (Wildman–Crippen LogP) is 2.78. The van der Waals surface area contributed by atoms with Crippen LogP contribution < -0.4 is 10.5 Å². The molecule has 2 aliphatic rings. The molecule has 0 saturated carbocycles. The van der Waals surface area contributed by atoms with Crippen LogP contribution in [-0.4, -0.2) is 35.3 Å². The average Bonchev–Trinajstić information content (AvgIpc) is 3.27. The molecule has 140 valence electrons. The number of nitrogens with zero attached hydrogens (tertiary/aromatic N) is 3. The maximum atomic E-state index is 8.94. The van der Waals surface area contributed by atoms with Gasteiger partial charge in [-0.05, 0) is 48.2 Å². The maximum absolute atomic E-state index is 8.94. The Labute approximate surface area is 157 Å². The molecule has 7 heteroatoms. The smallest absolute Gasteiger partial charge is 0.152 e. The molecule has 0 spiro atoms. The van der Waals surface area contributed by atoms with E-state index in [1.54, 1.807) is 12.1 Å². The normalized spacial score (nSPS) is 23.6. The van der Waals surface area contributed by atoms with Gasteiger partial charge in [-0.15, -0.1) is 4.91 Å². The highest BCUT2D eigenvalue weighted by Crippen LogP contribution is 2.39. The molecule has 0 unspecified atom stereocenters. The van der Waals surface area contributed by atoms with Crippen molar-refractivity contribution in [2.75, 3.05) is 13.1 Å². The Morgan fingerprint density at radius 2 is 1.93 bits per heavy atom. The molecule has 0 radical (unpaired) electrons. The summed E-state index contributed by atoms with van der Waals surface area (Å²) in [6, 6.07) is 18.6. The summed E-state index contributed by atoms with van der Waals surface area (Å²) in [4.78, 5) is 10.6. The van der Waals surface area contributed by atoms with Gasteiger partial charge >= 0.3 is 0 Å². The highest BCUT2D eigenvalue weighted by atomic mass is 16.6. The highest BCUT2D eigenvalue weighted by Gasteiger charge is 2.39. The molecule has 1 aliphatic heterocycles. The molecule has 7 nitrogen and oxygen atoms in total. The second-order valence-electron chi connectivity index (χ2n) is 6.77. The molecule has 27 heavy (non-hydrogen) atoms. The Kier molecular flexibility index (Phi) is 6.01. The van der Waals surface area contributed by atoms with E-state index in [0.29, 0.717) is 11.6 Å². The lowest BCUT2D eigenvalue weighted by molar-refractivity contribution is 0.0933. The van der Waals surface area contributed by atoms with E-state index in [9.17, 15) is 0 Å². The van der Waals surface area contributed by atoms with Gasteiger partial charge in [-0.25, -0.2) is 0 Å². The van der Waals surface area contributed by atoms with Gasteiger partial charge in [-0.2, -0.15) is 5.26 Å². The lowest BCUT2D eigenvalue weighted by Crippen LogP contribution is -2.40. The summed E-state index contributed by atoms with van der Waals surface area (Å²) in [5.41, 5.74) is 9.40. The van der Waals surface area contributed by atoms with E-state index in [-0.39, 0.29) is 12.1 Å². The van der Waals surface area contributed by atoms with Crippen LogP contribution in [0.25, 0.3) is 0 Å². The fraction of sp³-hybridized carbons (Fsp3) is 0.350. The average molecular weight is 366 g/mol. The fourth-order valence-corrected chi connectivity index (χ4v) is 3.87. The zero-order chi connectivity index (χ0) is 19.2. The number of ether oxygens (including phenoxy) is 1. The topological polar surface area (TPSA) is 112 Å². The first kappa shape index (κ1) is 18.8. The Morgan fingerprint density at radius 3 is 2.56 bits per heavy atom. The SMILES string of the molecule is N#Cc1ccc(O[C@@H]2c3ccccc3C[C@H]2N2CC[C@@H](N)C2)cc1.O=NO. The number of benzene rings is 2. The van der Waals surface area contributed by atoms with E-state index >= 15 is 0 Å². The zero-order valence-electron chi connectivity index (χ0n) is 14.9. The molecule has 2 aromatic rings. The number of hydrogen-bond donors (Lipinski definition) is 2. The molecular weight excluding hydrogens is 344 g/mol. The maximum Gasteiger partial charge on any atom is 0.152 e. The fourth-order valence-electron chi connectivity index (χ4n) is 3.87. The van der Waals surface area contributed by atoms with Crippen molar-refractivity contribution in [3.63, 3.8) is 0 Å². The van der Waals surface area contributed by atoms with E-state index in [2.05, 4.69) is 35.2 Å². The molecule has 4 rings (SSSR count). The third-order valence-electron chi connectivity index (χ3n) is 5.11. The van der Waals surface area contributed by atoms with Crippen molar-refractivity contribution < 1.29 is 9.94 Å². The monoisotopic (exact) mass is 366 g/mol. The first-order chi connectivity index (χ1) is 13.2. The third-order valence-corrected chi connectivity index (χ3v) is 5.11. The molecule has 1 saturated heterocycles. The molecule has 3 atom stereocenters. The van der Waals surface area contributed by atoms with Gasteiger partial charge in [-0.3, -0.25) is 4.90 Å². The molecular formula is C20H22N4O3. The Morgan fingerprint density at radius 1 is 1.22 bits per heavy atom. The second-order valence-corrected chi connectivity index (χ2v) is 6.77. The van der Waals surface area contributed by atoms with Crippen LogP contribution in [0.2, 0.25) is 0 Å². The van der Waals surface area contributed by atoms with Crippen molar-refractivity contribution in [1.82, 2.24) is 4.90 Å². The zero-order valence-corrected chi connectivity index (χ0v) is 14.9. The second kappa shape index (κ2) is 8.62. The Balaban J connectivity index is 0.000000659. The summed E-state index contributed by atoms with van der Waals surface area (Å²) < 4.78 is 6.37. The number of hydrogen-bond acceptors (Lipinski definition) is 6. The van der Waals surface area contributed by atoms with E-state index in [1.165, 1.54) is 16.5 Å². The van der Waals surface area contributed by atoms with Gasteiger partial charge in [0.25, 0.3) is 0 Å². The van der Waals surface area contributed by atoms with Gasteiger partial charge in [0.2, 0.25) is 0 Å². The summed E-state index contributed by atoms with van der Waals surface area (Å²) in [7, 11) is 0. The quantitative estimate of drug-likeness (QED) is 0.638. The number of nitrogens with two attached hydrogens (primary N) is 1. The van der Waals surface area contributed by atoms with Gasteiger partial charge < -0.3 is 15.7 Å². The summed E-state index contributed by atoms with van der Waals surface area (Å²) in [5, 5.41) is 16.8. The van der Waals surface area contributed by atoms with Gasteiger partial charge in [0.15, 0.2) is 5.34 Å². The van der Waals surface area contributed by atoms with Crippen LogP contribution in [0.3, 0.4) is 0 Å². The summed E-state index contributed by atoms with van der Waals surface area (Å²) in [5.74, 6) is 0.809. The molecule has 0 aromatic heterocycles. The standard InChI is InChI=1S/C20H21N3O.HNO2/c21-12-14-5-7-17(8-6-14)24-20-18-4-2-1-3-15(18)11-19(20)23-10-9-16(22)13-23;2-1-3/h1-8,16,19-20H,9-11,13,22H2;(H,2,3)/t16-,19-,20-;/m1./s1. The molecule has 3 N–H and O–H groups in total. The number of nitriles is 1. The Bertz CT molecular complexity index is 819. The van der Waals surface area contributed by atoms with Crippen molar-refractivity contribution in [3.8, 4) is 11.8 Å². The van der Waals surface area contributed by atoms with Crippen LogP contribution in [-0.2, 0) is 6.42 Å². The predicted molar refractivity (Wildman–Crippen MR) is 100 cm³/mol. The largest absolute Gasteiger partial charge is 0.484 e. The molecule has 1 aliphatic carbocycles. The lowest BCUT2D eigenvalue weighted by Gasteiger charge is -2.30. The summed E-state index contributed by atoms with van der Waals surface area (Å²) in [6.07, 6.45) is 2.07. The first-order valence-electron chi connectivity index (χ1n) is 8.87. The number of rotatable bonds is 3. The molecule has 1 heterocycles. The van der Waals surface area contributed by atoms with E-state index < -0.39 is 0 Å². The van der Waals surface area contributed by atoms with E-state index in [1.807, 2.05) is 12.1 Å². The minimum atomic E-state index is 0.0134. The van der Waals surface area contributed by atoms with Crippen LogP contribution in [0.1, 0.15) is 29.2 Å². The highest BCUT2D eigenvalue weighted by molar-refractivity contribution is 5.39. The number of fused-ring (bicyclic) bond motifs is 1. The minimum Gasteiger partial charge on any atom is -0.484 e. The van der Waals surface area contributed by atoms with Gasteiger partial charge in [0.05, 0.1) is 17.7 Å². The summed E-state index contributed by atoms with van der Waals surface area (Å²) in [6.45, 7) is 1.97. The molecule has 2 aromatic carbocycles. The summed E-state index contributed by atoms with van der Waals surface area (Å²) >= 11 is 0. The molecule has 0 amide bonds. The van der Waals surface area contributed by atoms with Crippen molar-refractivity contribution in [2.45, 2.75) is 31.0 Å². The van der Waals surface area contributed by atoms with Gasteiger partial charge in [-0.1, -0.05) is 24.3 Å². The van der Waals surface area contributed by atoms with Crippen molar-refractivity contribution in [3.05, 3.63) is 70.1 Å².